The molecule has 1 fully saturated rings. The first kappa shape index (κ1) is 27.6. The molecule has 202 valence electrons. The van der Waals surface area contributed by atoms with Crippen LogP contribution in [-0.2, 0) is 27.7 Å². The van der Waals surface area contributed by atoms with E-state index >= 15 is 8.78 Å². The molecular weight excluding hydrogens is 522 g/mol. The van der Waals surface area contributed by atoms with Crippen LogP contribution in [-0.4, -0.2) is 45.8 Å². The van der Waals surface area contributed by atoms with Crippen LogP contribution in [0.5, 0.6) is 0 Å². The second-order valence-electron chi connectivity index (χ2n) is 9.02. The number of likely N-dealkylation sites (tertiary alicyclic amines) is 1. The van der Waals surface area contributed by atoms with Gasteiger partial charge in [0, 0.05) is 17.4 Å². The van der Waals surface area contributed by atoms with Crippen molar-refractivity contribution in [1.29, 1.82) is 4.78 Å². The maximum absolute atomic E-state index is 15.6. The second kappa shape index (κ2) is 11.5. The minimum Gasteiger partial charge on any atom is -0.445 e. The molecule has 1 saturated heterocycles. The number of ether oxygens (including phenoxy) is 1. The van der Waals surface area contributed by atoms with Gasteiger partial charge in [0.05, 0.1) is 18.6 Å². The van der Waals surface area contributed by atoms with Crippen molar-refractivity contribution in [2.24, 2.45) is 0 Å². The van der Waals surface area contributed by atoms with Gasteiger partial charge >= 0.3 is 6.09 Å². The predicted octanol–water partition coefficient (Wildman–Crippen LogP) is 5.61. The number of nitrogens with zero attached hydrogens (tertiary/aromatic N) is 1. The summed E-state index contributed by atoms with van der Waals surface area (Å²) >= 11 is 0. The van der Waals surface area contributed by atoms with Crippen LogP contribution >= 0.6 is 0 Å². The van der Waals surface area contributed by atoms with Crippen molar-refractivity contribution in [3.05, 3.63) is 95.3 Å². The van der Waals surface area contributed by atoms with Gasteiger partial charge in [-0.3, -0.25) is 0 Å². The summed E-state index contributed by atoms with van der Waals surface area (Å²) in [6.07, 6.45) is -2.78. The number of alkyl halides is 1. The SMILES string of the molecule is CCS(=N)(=O)N[C@H]1[C@@H](F)CN(C(=O)OCc2ccccc2)[C@H]1Cc1cccc(-c2cc(F)cc(F)c2)c1F. The zero-order valence-corrected chi connectivity index (χ0v) is 21.3. The van der Waals surface area contributed by atoms with Crippen molar-refractivity contribution < 1.29 is 31.3 Å². The Morgan fingerprint density at radius 2 is 1.76 bits per heavy atom. The molecule has 1 unspecified atom stereocenters. The van der Waals surface area contributed by atoms with Crippen molar-refractivity contribution in [3.8, 4) is 11.1 Å². The van der Waals surface area contributed by atoms with Crippen molar-refractivity contribution in [1.82, 2.24) is 9.62 Å². The van der Waals surface area contributed by atoms with Gasteiger partial charge in [-0.25, -0.2) is 36.1 Å². The molecule has 4 atom stereocenters. The lowest BCUT2D eigenvalue weighted by Crippen LogP contribution is -2.50. The van der Waals surface area contributed by atoms with Gasteiger partial charge in [-0.05, 0) is 35.2 Å². The number of hydrogen-bond donors (Lipinski definition) is 2. The minimum atomic E-state index is -3.38. The van der Waals surface area contributed by atoms with Crippen molar-refractivity contribution >= 4 is 16.0 Å². The van der Waals surface area contributed by atoms with E-state index in [1.54, 1.807) is 30.3 Å². The van der Waals surface area contributed by atoms with Crippen molar-refractivity contribution in [2.45, 2.75) is 38.2 Å². The Morgan fingerprint density at radius 1 is 1.08 bits per heavy atom. The zero-order chi connectivity index (χ0) is 27.4. The van der Waals surface area contributed by atoms with E-state index in [0.29, 0.717) is 11.6 Å². The molecule has 0 spiro atoms. The Balaban J connectivity index is 1.65. The molecule has 0 aromatic heterocycles. The van der Waals surface area contributed by atoms with Crippen LogP contribution < -0.4 is 4.72 Å². The van der Waals surface area contributed by atoms with Crippen LogP contribution in [0.4, 0.5) is 22.4 Å². The third-order valence-corrected chi connectivity index (χ3v) is 7.90. The highest BCUT2D eigenvalue weighted by Crippen LogP contribution is 2.31. The Morgan fingerprint density at radius 3 is 2.42 bits per heavy atom. The summed E-state index contributed by atoms with van der Waals surface area (Å²) in [4.78, 5) is 14.1. The third-order valence-electron chi connectivity index (χ3n) is 6.43. The average molecular weight is 550 g/mol. The molecule has 1 aliphatic heterocycles. The highest BCUT2D eigenvalue weighted by atomic mass is 32.2. The fourth-order valence-electron chi connectivity index (χ4n) is 4.47. The molecule has 0 aliphatic carbocycles. The Hall–Kier alpha value is -3.44. The highest BCUT2D eigenvalue weighted by molar-refractivity contribution is 7.90. The minimum absolute atomic E-state index is 0.0226. The van der Waals surface area contributed by atoms with Crippen molar-refractivity contribution in [3.63, 3.8) is 0 Å². The fourth-order valence-corrected chi connectivity index (χ4v) is 5.38. The van der Waals surface area contributed by atoms with Crippen LogP contribution in [0, 0.1) is 22.2 Å². The van der Waals surface area contributed by atoms with E-state index in [9.17, 15) is 17.8 Å². The first-order valence-electron chi connectivity index (χ1n) is 12.0. The summed E-state index contributed by atoms with van der Waals surface area (Å²) in [6.45, 7) is 1.02. The van der Waals surface area contributed by atoms with Crippen LogP contribution in [0.25, 0.3) is 11.1 Å². The molecule has 0 bridgehead atoms. The van der Waals surface area contributed by atoms with Gasteiger partial charge in [-0.15, -0.1) is 0 Å². The number of carbonyl (C=O) groups is 1. The van der Waals surface area contributed by atoms with Crippen LogP contribution in [0.2, 0.25) is 0 Å². The summed E-state index contributed by atoms with van der Waals surface area (Å²) in [5, 5.41) is 0. The summed E-state index contributed by atoms with van der Waals surface area (Å²) in [5.41, 5.74) is 0.665. The number of carbonyl (C=O) groups excluding carboxylic acids is 1. The number of amides is 1. The van der Waals surface area contributed by atoms with Gasteiger partial charge in [0.2, 0.25) is 0 Å². The first-order chi connectivity index (χ1) is 18.1. The van der Waals surface area contributed by atoms with Crippen molar-refractivity contribution in [2.75, 3.05) is 12.3 Å². The molecule has 6 nitrogen and oxygen atoms in total. The number of nitrogens with one attached hydrogen (secondary N) is 2. The lowest BCUT2D eigenvalue weighted by Gasteiger charge is -2.28. The Labute approximate surface area is 218 Å². The first-order valence-corrected chi connectivity index (χ1v) is 13.7. The van der Waals surface area contributed by atoms with E-state index in [2.05, 4.69) is 4.72 Å². The topological polar surface area (TPSA) is 82.5 Å². The average Bonchev–Trinajstić information content (AvgIpc) is 3.18. The van der Waals surface area contributed by atoms with Crippen LogP contribution in [0.1, 0.15) is 18.1 Å². The van der Waals surface area contributed by atoms with Gasteiger partial charge < -0.3 is 9.64 Å². The number of halogens is 4. The lowest BCUT2D eigenvalue weighted by molar-refractivity contribution is 0.0894. The number of hydrogen-bond acceptors (Lipinski definition) is 4. The smallest absolute Gasteiger partial charge is 0.410 e. The van der Waals surface area contributed by atoms with E-state index in [-0.39, 0.29) is 35.5 Å². The molecule has 2 N–H and O–H groups in total. The zero-order valence-electron chi connectivity index (χ0n) is 20.5. The quantitative estimate of drug-likeness (QED) is 0.358. The standard InChI is InChI=1S/C27H27F4N3O3S/c1-2-38(32,36)33-26-23(30)15-34(27(35)37-16-17-7-4-3-5-8-17)24(26)13-18-9-6-10-22(25(18)31)19-11-20(28)14-21(29)12-19/h3-12,14,23-24,26H,2,13,15-16H2,1H3,(H2,32,33,36)/t23-,24-,26-,38?/m0/s1. The number of rotatable bonds is 8. The van der Waals surface area contributed by atoms with Crippen LogP contribution in [0.3, 0.4) is 0 Å². The predicted molar refractivity (Wildman–Crippen MR) is 136 cm³/mol. The van der Waals surface area contributed by atoms with E-state index in [4.69, 9.17) is 9.52 Å². The largest absolute Gasteiger partial charge is 0.445 e. The van der Waals surface area contributed by atoms with Gasteiger partial charge in [0.25, 0.3) is 0 Å². The summed E-state index contributed by atoms with van der Waals surface area (Å²) in [5.74, 6) is -2.64. The van der Waals surface area contributed by atoms with Gasteiger partial charge in [-0.2, -0.15) is 0 Å². The third kappa shape index (κ3) is 6.33. The fraction of sp³-hybridized carbons (Fsp3) is 0.296. The molecule has 1 amide bonds. The molecule has 3 aromatic carbocycles. The molecule has 11 heteroatoms. The maximum atomic E-state index is 15.6. The summed E-state index contributed by atoms with van der Waals surface area (Å²) in [7, 11) is -3.38. The van der Waals surface area contributed by atoms with Gasteiger partial charge in [0.15, 0.2) is 0 Å². The van der Waals surface area contributed by atoms with E-state index in [1.807, 2.05) is 0 Å². The molecule has 1 aliphatic rings. The van der Waals surface area contributed by atoms with Crippen LogP contribution in [0.15, 0.2) is 66.7 Å². The van der Waals surface area contributed by atoms with E-state index < -0.39 is 58.3 Å². The molecule has 38 heavy (non-hydrogen) atoms. The maximum Gasteiger partial charge on any atom is 0.410 e. The Bertz CT molecular complexity index is 1390. The number of benzene rings is 3. The highest BCUT2D eigenvalue weighted by Gasteiger charge is 2.46. The molecule has 0 saturated carbocycles. The normalized spacial score (nSPS) is 20.8. The van der Waals surface area contributed by atoms with Gasteiger partial charge in [-0.1, -0.05) is 55.5 Å². The van der Waals surface area contributed by atoms with E-state index in [0.717, 1.165) is 17.0 Å². The van der Waals surface area contributed by atoms with Gasteiger partial charge in [0.1, 0.15) is 40.1 Å². The molecular formula is C27H27F4N3O3S. The molecule has 3 aromatic rings. The summed E-state index contributed by atoms with van der Waals surface area (Å²) in [6, 6.07) is 13.5. The molecule has 1 heterocycles. The second-order valence-corrected chi connectivity index (χ2v) is 11.2. The monoisotopic (exact) mass is 549 g/mol. The summed E-state index contributed by atoms with van der Waals surface area (Å²) < 4.78 is 86.8. The van der Waals surface area contributed by atoms with E-state index in [1.165, 1.54) is 25.1 Å². The molecule has 4 rings (SSSR count). The Kier molecular flexibility index (Phi) is 8.37. The lowest BCUT2D eigenvalue weighted by atomic mass is 9.95. The molecule has 0 radical (unpaired) electrons.